The van der Waals surface area contributed by atoms with Crippen LogP contribution in [0.4, 0.5) is 0 Å². The minimum absolute atomic E-state index is 0.489. The zero-order valence-corrected chi connectivity index (χ0v) is 8.83. The van der Waals surface area contributed by atoms with Crippen molar-refractivity contribution in [3.8, 4) is 11.5 Å². The zero-order chi connectivity index (χ0) is 10.8. The SMILES string of the molecule is COc1cc(OC)c2c(CN)c[nH]c2c1. The summed E-state index contributed by atoms with van der Waals surface area (Å²) in [5, 5.41) is 1.03. The molecule has 2 aromatic rings. The van der Waals surface area contributed by atoms with Gasteiger partial charge in [-0.05, 0) is 5.56 Å². The second-order valence-corrected chi connectivity index (χ2v) is 3.27. The second-order valence-electron chi connectivity index (χ2n) is 3.27. The Morgan fingerprint density at radius 3 is 2.67 bits per heavy atom. The molecule has 1 aromatic heterocycles. The predicted molar refractivity (Wildman–Crippen MR) is 59.3 cm³/mol. The number of aromatic nitrogens is 1. The van der Waals surface area contributed by atoms with E-state index in [1.165, 1.54) is 0 Å². The maximum atomic E-state index is 5.65. The zero-order valence-electron chi connectivity index (χ0n) is 8.83. The summed E-state index contributed by atoms with van der Waals surface area (Å²) < 4.78 is 10.5. The van der Waals surface area contributed by atoms with Gasteiger partial charge in [-0.25, -0.2) is 0 Å². The van der Waals surface area contributed by atoms with Crippen LogP contribution in [-0.4, -0.2) is 19.2 Å². The monoisotopic (exact) mass is 206 g/mol. The van der Waals surface area contributed by atoms with E-state index in [4.69, 9.17) is 15.2 Å². The van der Waals surface area contributed by atoms with Crippen molar-refractivity contribution in [2.75, 3.05) is 14.2 Å². The summed E-state index contributed by atoms with van der Waals surface area (Å²) in [6, 6.07) is 3.78. The molecule has 2 rings (SSSR count). The van der Waals surface area contributed by atoms with Gasteiger partial charge in [-0.1, -0.05) is 0 Å². The molecule has 0 spiro atoms. The topological polar surface area (TPSA) is 60.3 Å². The minimum atomic E-state index is 0.489. The molecule has 0 aliphatic rings. The molecule has 4 heteroatoms. The van der Waals surface area contributed by atoms with E-state index in [9.17, 15) is 0 Å². The van der Waals surface area contributed by atoms with Crippen molar-refractivity contribution in [3.63, 3.8) is 0 Å². The van der Waals surface area contributed by atoms with Crippen LogP contribution in [0.25, 0.3) is 10.9 Å². The number of rotatable bonds is 3. The molecule has 0 bridgehead atoms. The summed E-state index contributed by atoms with van der Waals surface area (Å²) in [6.45, 7) is 0.489. The van der Waals surface area contributed by atoms with Gasteiger partial charge in [0, 0.05) is 30.3 Å². The van der Waals surface area contributed by atoms with Crippen LogP contribution < -0.4 is 15.2 Å². The van der Waals surface area contributed by atoms with Gasteiger partial charge in [0.05, 0.1) is 19.7 Å². The molecule has 1 heterocycles. The van der Waals surface area contributed by atoms with Crippen LogP contribution in [0.5, 0.6) is 11.5 Å². The van der Waals surface area contributed by atoms with E-state index in [-0.39, 0.29) is 0 Å². The van der Waals surface area contributed by atoms with E-state index in [2.05, 4.69) is 4.98 Å². The van der Waals surface area contributed by atoms with E-state index >= 15 is 0 Å². The summed E-state index contributed by atoms with van der Waals surface area (Å²) in [5.74, 6) is 1.55. The molecule has 0 radical (unpaired) electrons. The Bertz CT molecular complexity index is 477. The fourth-order valence-corrected chi connectivity index (χ4v) is 1.71. The van der Waals surface area contributed by atoms with Crippen molar-refractivity contribution in [2.24, 2.45) is 5.73 Å². The molecule has 0 aliphatic heterocycles. The molecule has 0 unspecified atom stereocenters. The van der Waals surface area contributed by atoms with Crippen molar-refractivity contribution in [2.45, 2.75) is 6.54 Å². The van der Waals surface area contributed by atoms with Crippen molar-refractivity contribution in [1.82, 2.24) is 4.98 Å². The summed E-state index contributed by atoms with van der Waals surface area (Å²) in [5.41, 5.74) is 7.67. The van der Waals surface area contributed by atoms with Crippen molar-refractivity contribution < 1.29 is 9.47 Å². The Balaban J connectivity index is 2.72. The average Bonchev–Trinajstić information content (AvgIpc) is 2.70. The molecule has 1 aromatic carbocycles. The third kappa shape index (κ3) is 1.53. The van der Waals surface area contributed by atoms with Gasteiger partial charge >= 0.3 is 0 Å². The van der Waals surface area contributed by atoms with Crippen LogP contribution in [-0.2, 0) is 6.54 Å². The molecule has 0 amide bonds. The van der Waals surface area contributed by atoms with E-state index in [0.29, 0.717) is 6.54 Å². The smallest absolute Gasteiger partial charge is 0.132 e. The second kappa shape index (κ2) is 3.82. The maximum Gasteiger partial charge on any atom is 0.132 e. The molecular weight excluding hydrogens is 192 g/mol. The fourth-order valence-electron chi connectivity index (χ4n) is 1.71. The lowest BCUT2D eigenvalue weighted by Gasteiger charge is -2.06. The minimum Gasteiger partial charge on any atom is -0.497 e. The van der Waals surface area contributed by atoms with Crippen molar-refractivity contribution in [1.29, 1.82) is 0 Å². The number of H-pyrrole nitrogens is 1. The van der Waals surface area contributed by atoms with Gasteiger partial charge in [-0.15, -0.1) is 0 Å². The first-order chi connectivity index (χ1) is 7.30. The molecule has 3 N–H and O–H groups in total. The van der Waals surface area contributed by atoms with E-state index in [0.717, 1.165) is 28.0 Å². The normalized spacial score (nSPS) is 10.6. The predicted octanol–water partition coefficient (Wildman–Crippen LogP) is 1.64. The number of fused-ring (bicyclic) bond motifs is 1. The van der Waals surface area contributed by atoms with Crippen LogP contribution in [0.2, 0.25) is 0 Å². The molecule has 0 saturated heterocycles. The highest BCUT2D eigenvalue weighted by atomic mass is 16.5. The van der Waals surface area contributed by atoms with Crippen LogP contribution in [0.15, 0.2) is 18.3 Å². The lowest BCUT2D eigenvalue weighted by atomic mass is 10.1. The number of aromatic amines is 1. The summed E-state index contributed by atoms with van der Waals surface area (Å²) in [4.78, 5) is 3.15. The average molecular weight is 206 g/mol. The van der Waals surface area contributed by atoms with Gasteiger partial charge < -0.3 is 20.2 Å². The van der Waals surface area contributed by atoms with E-state index in [1.54, 1.807) is 14.2 Å². The summed E-state index contributed by atoms with van der Waals surface area (Å²) >= 11 is 0. The Labute approximate surface area is 88.0 Å². The van der Waals surface area contributed by atoms with Crippen molar-refractivity contribution in [3.05, 3.63) is 23.9 Å². The van der Waals surface area contributed by atoms with Gasteiger partial charge in [0.25, 0.3) is 0 Å². The number of hydrogen-bond acceptors (Lipinski definition) is 3. The Hall–Kier alpha value is -1.68. The number of nitrogens with one attached hydrogen (secondary N) is 1. The number of ether oxygens (including phenoxy) is 2. The maximum absolute atomic E-state index is 5.65. The molecule has 0 saturated carbocycles. The standard InChI is InChI=1S/C11H14N2O2/c1-14-8-3-9-11(10(4-8)15-2)7(5-12)6-13-9/h3-4,6,13H,5,12H2,1-2H3. The van der Waals surface area contributed by atoms with Gasteiger partial charge in [-0.3, -0.25) is 0 Å². The van der Waals surface area contributed by atoms with Crippen LogP contribution in [0.1, 0.15) is 5.56 Å². The largest absolute Gasteiger partial charge is 0.497 e. The Kier molecular flexibility index (Phi) is 2.51. The lowest BCUT2D eigenvalue weighted by Crippen LogP contribution is -1.96. The Morgan fingerprint density at radius 2 is 2.07 bits per heavy atom. The molecule has 0 fully saturated rings. The third-order valence-electron chi connectivity index (χ3n) is 2.47. The van der Waals surface area contributed by atoms with Gasteiger partial charge in [-0.2, -0.15) is 0 Å². The van der Waals surface area contributed by atoms with E-state index < -0.39 is 0 Å². The highest BCUT2D eigenvalue weighted by molar-refractivity contribution is 5.90. The van der Waals surface area contributed by atoms with Crippen LogP contribution >= 0.6 is 0 Å². The number of nitrogens with two attached hydrogens (primary N) is 1. The quantitative estimate of drug-likeness (QED) is 0.802. The highest BCUT2D eigenvalue weighted by Crippen LogP contribution is 2.32. The molecular formula is C11H14N2O2. The van der Waals surface area contributed by atoms with Gasteiger partial charge in [0.1, 0.15) is 11.5 Å². The van der Waals surface area contributed by atoms with Gasteiger partial charge in [0.15, 0.2) is 0 Å². The molecule has 0 aliphatic carbocycles. The summed E-state index contributed by atoms with van der Waals surface area (Å²) in [7, 11) is 3.27. The lowest BCUT2D eigenvalue weighted by molar-refractivity contribution is 0.398. The first-order valence-corrected chi connectivity index (χ1v) is 4.72. The summed E-state index contributed by atoms with van der Waals surface area (Å²) in [6.07, 6.45) is 1.90. The molecule has 4 nitrogen and oxygen atoms in total. The fraction of sp³-hybridized carbons (Fsp3) is 0.273. The molecule has 0 atom stereocenters. The first-order valence-electron chi connectivity index (χ1n) is 4.72. The number of methoxy groups -OCH3 is 2. The van der Waals surface area contributed by atoms with Crippen LogP contribution in [0, 0.1) is 0 Å². The molecule has 15 heavy (non-hydrogen) atoms. The van der Waals surface area contributed by atoms with Gasteiger partial charge in [0.2, 0.25) is 0 Å². The first kappa shape index (κ1) is 9.86. The van der Waals surface area contributed by atoms with Crippen molar-refractivity contribution >= 4 is 10.9 Å². The van der Waals surface area contributed by atoms with Crippen LogP contribution in [0.3, 0.4) is 0 Å². The molecule has 80 valence electrons. The third-order valence-corrected chi connectivity index (χ3v) is 2.47. The number of benzene rings is 1. The number of hydrogen-bond donors (Lipinski definition) is 2. The Morgan fingerprint density at radius 1 is 1.27 bits per heavy atom. The van der Waals surface area contributed by atoms with E-state index in [1.807, 2.05) is 18.3 Å². The highest BCUT2D eigenvalue weighted by Gasteiger charge is 2.10.